The average molecular weight is 1070 g/mol. The molecule has 1 unspecified atom stereocenters. The van der Waals surface area contributed by atoms with Crippen molar-refractivity contribution in [3.63, 3.8) is 0 Å². The van der Waals surface area contributed by atoms with E-state index in [9.17, 15) is 14.4 Å². The molecule has 6 nitrogen and oxygen atoms in total. The monoisotopic (exact) mass is 1070 g/mol. The van der Waals surface area contributed by atoms with Gasteiger partial charge in [-0.25, -0.2) is 0 Å². The van der Waals surface area contributed by atoms with Crippen molar-refractivity contribution in [2.75, 3.05) is 13.2 Å². The predicted molar refractivity (Wildman–Crippen MR) is 330 cm³/mol. The van der Waals surface area contributed by atoms with Gasteiger partial charge >= 0.3 is 17.9 Å². The second-order valence-corrected chi connectivity index (χ2v) is 24.4. The number of carbonyl (C=O) groups excluding carboxylic acids is 3. The molecule has 0 aliphatic carbocycles. The van der Waals surface area contributed by atoms with Crippen LogP contribution in [-0.4, -0.2) is 37.2 Å². The minimum Gasteiger partial charge on any atom is -0.462 e. The summed E-state index contributed by atoms with van der Waals surface area (Å²) >= 11 is 0. The van der Waals surface area contributed by atoms with Crippen LogP contribution in [0.2, 0.25) is 0 Å². The van der Waals surface area contributed by atoms with Gasteiger partial charge in [0.25, 0.3) is 0 Å². The molecule has 0 aliphatic heterocycles. The van der Waals surface area contributed by atoms with Gasteiger partial charge < -0.3 is 14.2 Å². The third kappa shape index (κ3) is 61.6. The van der Waals surface area contributed by atoms with E-state index in [2.05, 4.69) is 27.7 Å². The van der Waals surface area contributed by atoms with Gasteiger partial charge in [0.05, 0.1) is 0 Å². The van der Waals surface area contributed by atoms with E-state index in [1.807, 2.05) is 0 Å². The number of carbonyl (C=O) groups is 3. The van der Waals surface area contributed by atoms with Gasteiger partial charge in [-0.3, -0.25) is 14.4 Å². The van der Waals surface area contributed by atoms with Crippen LogP contribution in [0.5, 0.6) is 0 Å². The van der Waals surface area contributed by atoms with Crippen LogP contribution in [-0.2, 0) is 28.6 Å². The predicted octanol–water partition coefficient (Wildman–Crippen LogP) is 23.7. The SMILES string of the molecule is CCCCCCCCCCCCCCCCCCCCCC(=O)OC[C@H](COC(=O)CCCCCCCCCCCCCCCCCCCCC(C)CC)OC(=O)CCCCCCCCCCCCCCCCCCC. The Morgan fingerprint density at radius 3 is 0.684 bits per heavy atom. The van der Waals surface area contributed by atoms with E-state index in [4.69, 9.17) is 14.2 Å². The Morgan fingerprint density at radius 2 is 0.461 bits per heavy atom. The third-order valence-corrected chi connectivity index (χ3v) is 16.7. The lowest BCUT2D eigenvalue weighted by atomic mass is 9.99. The summed E-state index contributed by atoms with van der Waals surface area (Å²) in [5.74, 6) is 0.0893. The summed E-state index contributed by atoms with van der Waals surface area (Å²) in [5.41, 5.74) is 0. The fourth-order valence-corrected chi connectivity index (χ4v) is 11.0. The maximum absolute atomic E-state index is 12.9. The topological polar surface area (TPSA) is 78.9 Å². The molecule has 0 bridgehead atoms. The first-order chi connectivity index (χ1) is 37.4. The minimum atomic E-state index is -0.764. The normalized spacial score (nSPS) is 12.3. The van der Waals surface area contributed by atoms with Gasteiger partial charge in [-0.2, -0.15) is 0 Å². The Balaban J connectivity index is 4.26. The number of hydrogen-bond acceptors (Lipinski definition) is 6. The van der Waals surface area contributed by atoms with Crippen molar-refractivity contribution in [3.05, 3.63) is 0 Å². The van der Waals surface area contributed by atoms with Gasteiger partial charge in [-0.15, -0.1) is 0 Å². The summed E-state index contributed by atoms with van der Waals surface area (Å²) < 4.78 is 17.0. The zero-order valence-corrected chi connectivity index (χ0v) is 52.2. The zero-order chi connectivity index (χ0) is 55.1. The second-order valence-electron chi connectivity index (χ2n) is 24.4. The van der Waals surface area contributed by atoms with E-state index in [-0.39, 0.29) is 31.1 Å². The van der Waals surface area contributed by atoms with E-state index in [0.717, 1.165) is 63.7 Å². The maximum Gasteiger partial charge on any atom is 0.306 e. The average Bonchev–Trinajstić information content (AvgIpc) is 3.42. The molecular weight excluding hydrogens is 937 g/mol. The molecule has 0 amide bonds. The van der Waals surface area contributed by atoms with Gasteiger partial charge in [0, 0.05) is 19.3 Å². The molecule has 0 saturated carbocycles. The summed E-state index contributed by atoms with van der Waals surface area (Å²) in [6.45, 7) is 9.15. The van der Waals surface area contributed by atoms with Crippen LogP contribution in [0.1, 0.15) is 407 Å². The minimum absolute atomic E-state index is 0.0606. The fourth-order valence-electron chi connectivity index (χ4n) is 11.0. The highest BCUT2D eigenvalue weighted by Gasteiger charge is 2.20. The summed E-state index contributed by atoms with van der Waals surface area (Å²) in [6.07, 6.45) is 74.0. The van der Waals surface area contributed by atoms with E-state index in [1.165, 1.54) is 302 Å². The number of rotatable bonds is 65. The number of ether oxygens (including phenoxy) is 3. The molecule has 452 valence electrons. The number of hydrogen-bond donors (Lipinski definition) is 0. The molecular formula is C70H136O6. The molecule has 0 aromatic carbocycles. The van der Waals surface area contributed by atoms with E-state index in [0.29, 0.717) is 19.3 Å². The first kappa shape index (κ1) is 74.4. The first-order valence-electron chi connectivity index (χ1n) is 34.9. The molecule has 0 spiro atoms. The molecule has 0 heterocycles. The van der Waals surface area contributed by atoms with Crippen molar-refractivity contribution in [2.45, 2.75) is 413 Å². The van der Waals surface area contributed by atoms with Gasteiger partial charge in [0.15, 0.2) is 6.10 Å². The molecule has 0 saturated heterocycles. The molecule has 0 fully saturated rings. The Bertz CT molecular complexity index is 1160. The fraction of sp³-hybridized carbons (Fsp3) is 0.957. The van der Waals surface area contributed by atoms with Crippen LogP contribution in [0.4, 0.5) is 0 Å². The van der Waals surface area contributed by atoms with Gasteiger partial charge in [-0.05, 0) is 25.2 Å². The highest BCUT2D eigenvalue weighted by molar-refractivity contribution is 5.71. The summed E-state index contributed by atoms with van der Waals surface area (Å²) in [7, 11) is 0. The van der Waals surface area contributed by atoms with Crippen molar-refractivity contribution >= 4 is 17.9 Å². The molecule has 0 N–H and O–H groups in total. The van der Waals surface area contributed by atoms with Crippen LogP contribution in [0.25, 0.3) is 0 Å². The van der Waals surface area contributed by atoms with Gasteiger partial charge in [0.2, 0.25) is 0 Å². The highest BCUT2D eigenvalue weighted by Crippen LogP contribution is 2.20. The first-order valence-corrected chi connectivity index (χ1v) is 34.9. The standard InChI is InChI=1S/C70H136O6/c1-5-8-10-12-14-16-18-20-22-24-25-30-33-37-41-45-49-53-57-61-68(71)74-64-67(76-70(73)63-59-55-51-47-43-39-35-28-23-21-19-17-15-13-11-9-6-2)65-75-69(72)62-58-54-50-46-42-38-34-31-27-26-29-32-36-40-44-48-52-56-60-66(4)7-3/h66-67H,5-65H2,1-4H3/t66?,67-/m1/s1. The molecule has 0 aliphatic rings. The molecule has 0 aromatic rings. The van der Waals surface area contributed by atoms with Gasteiger partial charge in [-0.1, -0.05) is 368 Å². The van der Waals surface area contributed by atoms with Crippen molar-refractivity contribution in [3.8, 4) is 0 Å². The van der Waals surface area contributed by atoms with Crippen molar-refractivity contribution in [1.82, 2.24) is 0 Å². The Morgan fingerprint density at radius 1 is 0.263 bits per heavy atom. The van der Waals surface area contributed by atoms with E-state index < -0.39 is 6.10 Å². The lowest BCUT2D eigenvalue weighted by Gasteiger charge is -2.18. The summed E-state index contributed by atoms with van der Waals surface area (Å²) in [4.78, 5) is 38.4. The quantitative estimate of drug-likeness (QED) is 0.0343. The maximum atomic E-state index is 12.9. The van der Waals surface area contributed by atoms with Crippen molar-refractivity contribution < 1.29 is 28.6 Å². The Labute approximate surface area is 476 Å². The molecule has 76 heavy (non-hydrogen) atoms. The van der Waals surface area contributed by atoms with Gasteiger partial charge in [0.1, 0.15) is 13.2 Å². The summed E-state index contributed by atoms with van der Waals surface area (Å²) in [5, 5.41) is 0. The third-order valence-electron chi connectivity index (χ3n) is 16.7. The van der Waals surface area contributed by atoms with Crippen molar-refractivity contribution in [1.29, 1.82) is 0 Å². The van der Waals surface area contributed by atoms with E-state index >= 15 is 0 Å². The highest BCUT2D eigenvalue weighted by atomic mass is 16.6. The molecule has 0 radical (unpaired) electrons. The van der Waals surface area contributed by atoms with E-state index in [1.54, 1.807) is 0 Å². The largest absolute Gasteiger partial charge is 0.462 e. The Kier molecular flexibility index (Phi) is 62.9. The smallest absolute Gasteiger partial charge is 0.306 e. The Hall–Kier alpha value is -1.59. The lowest BCUT2D eigenvalue weighted by Crippen LogP contribution is -2.30. The summed E-state index contributed by atoms with van der Waals surface area (Å²) in [6, 6.07) is 0. The van der Waals surface area contributed by atoms with Crippen LogP contribution in [0, 0.1) is 5.92 Å². The zero-order valence-electron chi connectivity index (χ0n) is 52.2. The second kappa shape index (κ2) is 64.2. The number of unbranched alkanes of at least 4 members (excludes halogenated alkanes) is 51. The molecule has 0 aromatic heterocycles. The van der Waals surface area contributed by atoms with Crippen LogP contribution in [0.3, 0.4) is 0 Å². The lowest BCUT2D eigenvalue weighted by molar-refractivity contribution is -0.167. The molecule has 2 atom stereocenters. The molecule has 6 heteroatoms. The van der Waals surface area contributed by atoms with Crippen molar-refractivity contribution in [2.24, 2.45) is 5.92 Å². The number of esters is 3. The molecule has 0 rings (SSSR count). The van der Waals surface area contributed by atoms with Crippen LogP contribution >= 0.6 is 0 Å². The van der Waals surface area contributed by atoms with Crippen LogP contribution < -0.4 is 0 Å². The van der Waals surface area contributed by atoms with Crippen LogP contribution in [0.15, 0.2) is 0 Å².